The number of fused-ring (bicyclic) bond motifs is 1. The molecule has 2 heteroatoms. The minimum absolute atomic E-state index is 0.388. The van der Waals surface area contributed by atoms with E-state index in [1.807, 2.05) is 6.07 Å². The van der Waals surface area contributed by atoms with Gasteiger partial charge in [-0.05, 0) is 37.1 Å². The molecule has 2 nitrogen and oxygen atoms in total. The van der Waals surface area contributed by atoms with Crippen molar-refractivity contribution in [1.29, 1.82) is 0 Å². The van der Waals surface area contributed by atoms with Crippen molar-refractivity contribution in [1.82, 2.24) is 5.32 Å². The van der Waals surface area contributed by atoms with Crippen molar-refractivity contribution >= 4 is 0 Å². The molecule has 0 amide bonds. The van der Waals surface area contributed by atoms with E-state index in [0.717, 1.165) is 25.3 Å². The zero-order chi connectivity index (χ0) is 14.7. The molecule has 0 saturated carbocycles. The molecule has 2 aromatic carbocycles. The summed E-state index contributed by atoms with van der Waals surface area (Å²) in [5, 5.41) is 3.72. The van der Waals surface area contributed by atoms with Crippen LogP contribution in [-0.4, -0.2) is 13.2 Å². The quantitative estimate of drug-likeness (QED) is 0.918. The van der Waals surface area contributed by atoms with Crippen LogP contribution in [0.1, 0.15) is 29.7 Å². The van der Waals surface area contributed by atoms with Crippen LogP contribution in [0, 0.1) is 12.8 Å². The number of benzene rings is 2. The van der Waals surface area contributed by atoms with Gasteiger partial charge >= 0.3 is 0 Å². The molecule has 0 fully saturated rings. The van der Waals surface area contributed by atoms with Gasteiger partial charge in [-0.1, -0.05) is 49.4 Å². The van der Waals surface area contributed by atoms with E-state index in [1.54, 1.807) is 0 Å². The fourth-order valence-electron chi connectivity index (χ4n) is 3.06. The van der Waals surface area contributed by atoms with Gasteiger partial charge in [0.05, 0.1) is 6.61 Å². The molecule has 0 bridgehead atoms. The average molecular weight is 281 g/mol. The van der Waals surface area contributed by atoms with Crippen LogP contribution in [0.3, 0.4) is 0 Å². The van der Waals surface area contributed by atoms with E-state index in [2.05, 4.69) is 61.6 Å². The van der Waals surface area contributed by atoms with Gasteiger partial charge in [0.25, 0.3) is 0 Å². The largest absolute Gasteiger partial charge is 0.493 e. The van der Waals surface area contributed by atoms with E-state index < -0.39 is 0 Å². The summed E-state index contributed by atoms with van der Waals surface area (Å²) in [4.78, 5) is 0. The molecule has 2 atom stereocenters. The second-order valence-electron chi connectivity index (χ2n) is 5.93. The lowest BCUT2D eigenvalue weighted by molar-refractivity contribution is 0.189. The van der Waals surface area contributed by atoms with Crippen LogP contribution in [0.5, 0.6) is 5.75 Å². The predicted octanol–water partition coefficient (Wildman–Crippen LogP) is 3.90. The molecule has 3 rings (SSSR count). The fourth-order valence-corrected chi connectivity index (χ4v) is 3.06. The van der Waals surface area contributed by atoms with Crippen LogP contribution in [0.25, 0.3) is 0 Å². The smallest absolute Gasteiger partial charge is 0.124 e. The first-order valence-corrected chi connectivity index (χ1v) is 7.75. The second kappa shape index (κ2) is 6.31. The van der Waals surface area contributed by atoms with E-state index in [4.69, 9.17) is 4.74 Å². The number of hydrogen-bond acceptors (Lipinski definition) is 2. The minimum atomic E-state index is 0.388. The van der Waals surface area contributed by atoms with E-state index in [9.17, 15) is 0 Å². The molecule has 1 aliphatic rings. The highest BCUT2D eigenvalue weighted by molar-refractivity contribution is 5.38. The van der Waals surface area contributed by atoms with Gasteiger partial charge in [-0.2, -0.15) is 0 Å². The number of aryl methyl sites for hydroxylation is 1. The molecule has 0 aromatic heterocycles. The normalized spacial score (nSPS) is 20.7. The first-order valence-electron chi connectivity index (χ1n) is 7.75. The first-order chi connectivity index (χ1) is 10.3. The van der Waals surface area contributed by atoms with Gasteiger partial charge in [0.2, 0.25) is 0 Å². The Morgan fingerprint density at radius 2 is 1.86 bits per heavy atom. The third kappa shape index (κ3) is 3.11. The Morgan fingerprint density at radius 3 is 2.71 bits per heavy atom. The van der Waals surface area contributed by atoms with Crippen molar-refractivity contribution in [2.45, 2.75) is 26.3 Å². The monoisotopic (exact) mass is 281 g/mol. The molecule has 0 radical (unpaired) electrons. The Kier molecular flexibility index (Phi) is 4.26. The van der Waals surface area contributed by atoms with E-state index in [1.165, 1.54) is 16.7 Å². The molecule has 110 valence electrons. The highest BCUT2D eigenvalue weighted by Crippen LogP contribution is 2.34. The summed E-state index contributed by atoms with van der Waals surface area (Å²) in [6, 6.07) is 17.4. The maximum absolute atomic E-state index is 5.81. The van der Waals surface area contributed by atoms with Crippen LogP contribution in [0.15, 0.2) is 48.5 Å². The fraction of sp³-hybridized carbons (Fsp3) is 0.368. The summed E-state index contributed by atoms with van der Waals surface area (Å²) in [5.74, 6) is 1.53. The molecule has 0 saturated heterocycles. The van der Waals surface area contributed by atoms with E-state index >= 15 is 0 Å². The Morgan fingerprint density at radius 1 is 1.10 bits per heavy atom. The minimum Gasteiger partial charge on any atom is -0.493 e. The highest BCUT2D eigenvalue weighted by atomic mass is 16.5. The number of hydrogen-bond donors (Lipinski definition) is 1. The van der Waals surface area contributed by atoms with E-state index in [-0.39, 0.29) is 0 Å². The van der Waals surface area contributed by atoms with Gasteiger partial charge in [-0.25, -0.2) is 0 Å². The van der Waals surface area contributed by atoms with Crippen LogP contribution in [0.2, 0.25) is 0 Å². The summed E-state index contributed by atoms with van der Waals surface area (Å²) in [5.41, 5.74) is 4.10. The van der Waals surface area contributed by atoms with Gasteiger partial charge in [0.15, 0.2) is 0 Å². The van der Waals surface area contributed by atoms with Crippen LogP contribution in [0.4, 0.5) is 0 Å². The Labute approximate surface area is 127 Å². The van der Waals surface area contributed by atoms with Crippen molar-refractivity contribution in [2.24, 2.45) is 5.92 Å². The Bertz CT molecular complexity index is 608. The zero-order valence-corrected chi connectivity index (χ0v) is 12.8. The molecule has 1 aliphatic heterocycles. The Hall–Kier alpha value is -1.80. The van der Waals surface area contributed by atoms with Gasteiger partial charge in [-0.3, -0.25) is 0 Å². The molecule has 2 unspecified atom stereocenters. The molecule has 2 aromatic rings. The lowest BCUT2D eigenvalue weighted by Gasteiger charge is -2.32. The lowest BCUT2D eigenvalue weighted by atomic mass is 9.92. The van der Waals surface area contributed by atoms with Crippen molar-refractivity contribution in [3.05, 3.63) is 65.2 Å². The standard InChI is InChI=1S/C19H23NO/c1-14-7-3-4-8-16(14)11-12-20-19-15(2)13-21-18-10-6-5-9-17(18)19/h3-10,15,19-20H,11-13H2,1-2H3. The summed E-state index contributed by atoms with van der Waals surface area (Å²) in [7, 11) is 0. The van der Waals surface area contributed by atoms with E-state index in [0.29, 0.717) is 12.0 Å². The van der Waals surface area contributed by atoms with Crippen LogP contribution >= 0.6 is 0 Å². The van der Waals surface area contributed by atoms with Gasteiger partial charge in [0.1, 0.15) is 5.75 Å². The summed E-state index contributed by atoms with van der Waals surface area (Å²) in [6.07, 6.45) is 1.07. The average Bonchev–Trinajstić information content (AvgIpc) is 2.51. The van der Waals surface area contributed by atoms with Crippen molar-refractivity contribution in [2.75, 3.05) is 13.2 Å². The van der Waals surface area contributed by atoms with Crippen LogP contribution < -0.4 is 10.1 Å². The molecule has 1 heterocycles. The van der Waals surface area contributed by atoms with Gasteiger partial charge in [0, 0.05) is 17.5 Å². The third-order valence-corrected chi connectivity index (χ3v) is 4.34. The summed E-state index contributed by atoms with van der Waals surface area (Å²) < 4.78 is 5.81. The van der Waals surface area contributed by atoms with Gasteiger partial charge < -0.3 is 10.1 Å². The van der Waals surface area contributed by atoms with Crippen molar-refractivity contribution in [3.8, 4) is 5.75 Å². The number of nitrogens with one attached hydrogen (secondary N) is 1. The summed E-state index contributed by atoms with van der Waals surface area (Å²) >= 11 is 0. The second-order valence-corrected chi connectivity index (χ2v) is 5.93. The topological polar surface area (TPSA) is 21.3 Å². The molecule has 1 N–H and O–H groups in total. The molecular weight excluding hydrogens is 258 g/mol. The van der Waals surface area contributed by atoms with Crippen molar-refractivity contribution in [3.63, 3.8) is 0 Å². The number of para-hydroxylation sites is 1. The Balaban J connectivity index is 1.66. The maximum Gasteiger partial charge on any atom is 0.124 e. The highest BCUT2D eigenvalue weighted by Gasteiger charge is 2.26. The van der Waals surface area contributed by atoms with Crippen molar-refractivity contribution < 1.29 is 4.74 Å². The number of ether oxygens (including phenoxy) is 1. The molecular formula is C19H23NO. The molecule has 0 aliphatic carbocycles. The first kappa shape index (κ1) is 14.2. The lowest BCUT2D eigenvalue weighted by Crippen LogP contribution is -2.35. The SMILES string of the molecule is Cc1ccccc1CCNC1c2ccccc2OCC1C. The third-order valence-electron chi connectivity index (χ3n) is 4.34. The maximum atomic E-state index is 5.81. The van der Waals surface area contributed by atoms with Gasteiger partial charge in [-0.15, -0.1) is 0 Å². The molecule has 0 spiro atoms. The number of rotatable bonds is 4. The zero-order valence-electron chi connectivity index (χ0n) is 12.8. The van der Waals surface area contributed by atoms with Crippen LogP contribution in [-0.2, 0) is 6.42 Å². The summed E-state index contributed by atoms with van der Waals surface area (Å²) in [6.45, 7) is 6.22. The molecule has 21 heavy (non-hydrogen) atoms. The predicted molar refractivity (Wildman–Crippen MR) is 86.7 cm³/mol.